The van der Waals surface area contributed by atoms with Crippen LogP contribution in [0.4, 0.5) is 0 Å². The number of carbonyl (C=O) groups excluding carboxylic acids is 1. The molecule has 5 heteroatoms. The standard InChI is InChI=1S/C11H22N2O3/c1-8(2)12-9(14)6-13(7-10(15)16)11(3,4)5/h8H,6-7H2,1-5H3,(H,12,14)(H,15,16). The smallest absolute Gasteiger partial charge is 0.317 e. The first-order valence-electron chi connectivity index (χ1n) is 5.39. The molecular weight excluding hydrogens is 208 g/mol. The van der Waals surface area contributed by atoms with Crippen molar-refractivity contribution in [2.75, 3.05) is 13.1 Å². The molecule has 0 heterocycles. The Morgan fingerprint density at radius 1 is 1.25 bits per heavy atom. The van der Waals surface area contributed by atoms with Crippen molar-refractivity contribution in [2.45, 2.75) is 46.2 Å². The van der Waals surface area contributed by atoms with Gasteiger partial charge in [-0.25, -0.2) is 0 Å². The summed E-state index contributed by atoms with van der Waals surface area (Å²) in [6, 6.07) is 0.0687. The summed E-state index contributed by atoms with van der Waals surface area (Å²) in [6.07, 6.45) is 0. The number of amides is 1. The van der Waals surface area contributed by atoms with Crippen LogP contribution in [0.1, 0.15) is 34.6 Å². The molecule has 0 bridgehead atoms. The lowest BCUT2D eigenvalue weighted by Crippen LogP contribution is -2.50. The molecule has 0 saturated heterocycles. The van der Waals surface area contributed by atoms with Crippen LogP contribution >= 0.6 is 0 Å². The van der Waals surface area contributed by atoms with E-state index in [1.54, 1.807) is 4.90 Å². The van der Waals surface area contributed by atoms with Crippen LogP contribution in [-0.2, 0) is 9.59 Å². The molecule has 94 valence electrons. The van der Waals surface area contributed by atoms with Crippen LogP contribution < -0.4 is 5.32 Å². The Labute approximate surface area is 96.8 Å². The molecule has 0 aromatic heterocycles. The lowest BCUT2D eigenvalue weighted by Gasteiger charge is -2.33. The number of carbonyl (C=O) groups is 2. The highest BCUT2D eigenvalue weighted by Gasteiger charge is 2.25. The number of rotatable bonds is 5. The first kappa shape index (κ1) is 14.9. The minimum Gasteiger partial charge on any atom is -0.480 e. The van der Waals surface area contributed by atoms with Crippen molar-refractivity contribution in [3.63, 3.8) is 0 Å². The summed E-state index contributed by atoms with van der Waals surface area (Å²) in [6.45, 7) is 9.38. The number of nitrogens with zero attached hydrogens (tertiary/aromatic N) is 1. The van der Waals surface area contributed by atoms with Gasteiger partial charge in [0, 0.05) is 11.6 Å². The van der Waals surface area contributed by atoms with Crippen LogP contribution in [0.2, 0.25) is 0 Å². The Balaban J connectivity index is 4.44. The van der Waals surface area contributed by atoms with Crippen LogP contribution in [0.3, 0.4) is 0 Å². The second-order valence-corrected chi connectivity index (χ2v) is 5.14. The van der Waals surface area contributed by atoms with E-state index in [1.807, 2.05) is 34.6 Å². The zero-order valence-electron chi connectivity index (χ0n) is 10.7. The number of aliphatic carboxylic acids is 1. The maximum atomic E-state index is 11.5. The molecule has 5 nitrogen and oxygen atoms in total. The molecule has 0 aliphatic rings. The van der Waals surface area contributed by atoms with Crippen molar-refractivity contribution in [1.29, 1.82) is 0 Å². The second kappa shape index (κ2) is 5.84. The van der Waals surface area contributed by atoms with Gasteiger partial charge in [0.25, 0.3) is 0 Å². The second-order valence-electron chi connectivity index (χ2n) is 5.14. The first-order valence-corrected chi connectivity index (χ1v) is 5.39. The van der Waals surface area contributed by atoms with Gasteiger partial charge in [0.1, 0.15) is 0 Å². The molecule has 0 unspecified atom stereocenters. The van der Waals surface area contributed by atoms with Gasteiger partial charge in [0.2, 0.25) is 5.91 Å². The summed E-state index contributed by atoms with van der Waals surface area (Å²) in [4.78, 5) is 23.9. The Morgan fingerprint density at radius 3 is 2.06 bits per heavy atom. The Kier molecular flexibility index (Phi) is 5.44. The van der Waals surface area contributed by atoms with Crippen LogP contribution in [0.5, 0.6) is 0 Å². The number of nitrogens with one attached hydrogen (secondary N) is 1. The van der Waals surface area contributed by atoms with Gasteiger partial charge in [-0.3, -0.25) is 14.5 Å². The third-order valence-electron chi connectivity index (χ3n) is 2.06. The fraction of sp³-hybridized carbons (Fsp3) is 0.818. The van der Waals surface area contributed by atoms with E-state index in [2.05, 4.69) is 5.32 Å². The van der Waals surface area contributed by atoms with Gasteiger partial charge in [-0.15, -0.1) is 0 Å². The number of carboxylic acids is 1. The van der Waals surface area contributed by atoms with Crippen molar-refractivity contribution >= 4 is 11.9 Å². The molecule has 0 fully saturated rings. The number of hydrogen-bond donors (Lipinski definition) is 2. The van der Waals surface area contributed by atoms with Crippen LogP contribution in [0.25, 0.3) is 0 Å². The molecule has 2 N–H and O–H groups in total. The first-order chi connectivity index (χ1) is 7.12. The quantitative estimate of drug-likeness (QED) is 0.729. The van der Waals surface area contributed by atoms with Gasteiger partial charge in [-0.1, -0.05) is 0 Å². The molecule has 0 saturated carbocycles. The molecule has 0 rings (SSSR count). The highest BCUT2D eigenvalue weighted by molar-refractivity contribution is 5.79. The molecule has 16 heavy (non-hydrogen) atoms. The predicted molar refractivity (Wildman–Crippen MR) is 62.2 cm³/mol. The van der Waals surface area contributed by atoms with Gasteiger partial charge < -0.3 is 10.4 Å². The molecule has 1 amide bonds. The summed E-state index contributed by atoms with van der Waals surface area (Å²) in [5.41, 5.74) is -0.341. The zero-order chi connectivity index (χ0) is 12.9. The number of carboxylic acid groups (broad SMARTS) is 1. The maximum absolute atomic E-state index is 11.5. The highest BCUT2D eigenvalue weighted by atomic mass is 16.4. The third-order valence-corrected chi connectivity index (χ3v) is 2.06. The van der Waals surface area contributed by atoms with Crippen molar-refractivity contribution in [3.05, 3.63) is 0 Å². The number of hydrogen-bond acceptors (Lipinski definition) is 3. The average molecular weight is 230 g/mol. The molecule has 0 aliphatic heterocycles. The fourth-order valence-electron chi connectivity index (χ4n) is 1.23. The molecule has 0 spiro atoms. The minimum atomic E-state index is -0.924. The molecule has 0 radical (unpaired) electrons. The summed E-state index contributed by atoms with van der Waals surface area (Å²) >= 11 is 0. The van der Waals surface area contributed by atoms with Crippen molar-refractivity contribution in [1.82, 2.24) is 10.2 Å². The van der Waals surface area contributed by atoms with E-state index in [9.17, 15) is 9.59 Å². The summed E-state index contributed by atoms with van der Waals surface area (Å²) in [5.74, 6) is -1.07. The monoisotopic (exact) mass is 230 g/mol. The average Bonchev–Trinajstić information content (AvgIpc) is 1.98. The Hall–Kier alpha value is -1.10. The van der Waals surface area contributed by atoms with E-state index in [4.69, 9.17) is 5.11 Å². The summed E-state index contributed by atoms with van der Waals surface area (Å²) in [7, 11) is 0. The maximum Gasteiger partial charge on any atom is 0.317 e. The van der Waals surface area contributed by atoms with Crippen LogP contribution in [0.15, 0.2) is 0 Å². The largest absolute Gasteiger partial charge is 0.480 e. The van der Waals surface area contributed by atoms with Crippen molar-refractivity contribution in [3.8, 4) is 0 Å². The van der Waals surface area contributed by atoms with Gasteiger partial charge in [-0.2, -0.15) is 0 Å². The van der Waals surface area contributed by atoms with E-state index >= 15 is 0 Å². The van der Waals surface area contributed by atoms with Crippen LogP contribution in [0, 0.1) is 0 Å². The van der Waals surface area contributed by atoms with Crippen molar-refractivity contribution in [2.24, 2.45) is 0 Å². The fourth-order valence-corrected chi connectivity index (χ4v) is 1.23. The Morgan fingerprint density at radius 2 is 1.75 bits per heavy atom. The Bertz CT molecular complexity index is 256. The molecule has 0 aromatic carbocycles. The molecular formula is C11H22N2O3. The zero-order valence-corrected chi connectivity index (χ0v) is 10.7. The molecule has 0 atom stereocenters. The van der Waals surface area contributed by atoms with E-state index in [0.717, 1.165) is 0 Å². The van der Waals surface area contributed by atoms with E-state index in [-0.39, 0.29) is 30.6 Å². The third kappa shape index (κ3) is 6.40. The normalized spacial score (nSPS) is 11.9. The SMILES string of the molecule is CC(C)NC(=O)CN(CC(=O)O)C(C)(C)C. The van der Waals surface area contributed by atoms with E-state index in [1.165, 1.54) is 0 Å². The van der Waals surface area contributed by atoms with Gasteiger partial charge >= 0.3 is 5.97 Å². The van der Waals surface area contributed by atoms with Gasteiger partial charge in [0.15, 0.2) is 0 Å². The summed E-state index contributed by atoms with van der Waals surface area (Å²) in [5, 5.41) is 11.5. The topological polar surface area (TPSA) is 69.6 Å². The lowest BCUT2D eigenvalue weighted by atomic mass is 10.1. The lowest BCUT2D eigenvalue weighted by molar-refractivity contribution is -0.140. The van der Waals surface area contributed by atoms with E-state index in [0.29, 0.717) is 0 Å². The predicted octanol–water partition coefficient (Wildman–Crippen LogP) is 0.696. The molecule has 0 aliphatic carbocycles. The van der Waals surface area contributed by atoms with Gasteiger partial charge in [0.05, 0.1) is 13.1 Å². The summed E-state index contributed by atoms with van der Waals surface area (Å²) < 4.78 is 0. The van der Waals surface area contributed by atoms with Crippen LogP contribution in [-0.4, -0.2) is 46.6 Å². The highest BCUT2D eigenvalue weighted by Crippen LogP contribution is 2.12. The van der Waals surface area contributed by atoms with Gasteiger partial charge in [-0.05, 0) is 34.6 Å². The minimum absolute atomic E-state index is 0.0687. The van der Waals surface area contributed by atoms with Crippen molar-refractivity contribution < 1.29 is 14.7 Å². The molecule has 0 aromatic rings. The van der Waals surface area contributed by atoms with E-state index < -0.39 is 5.97 Å².